The third-order valence-electron chi connectivity index (χ3n) is 3.66. The number of nitrogens with zero attached hydrogens (tertiary/aromatic N) is 2. The molecule has 158 valence electrons. The molecule has 2 aromatic carbocycles. The molecule has 0 aliphatic heterocycles. The third kappa shape index (κ3) is 8.59. The van der Waals surface area contributed by atoms with Crippen LogP contribution in [0, 0.1) is 5.82 Å². The van der Waals surface area contributed by atoms with Crippen molar-refractivity contribution in [3.05, 3.63) is 59.9 Å². The fraction of sp³-hybridized carbons (Fsp3) is 0.263. The van der Waals surface area contributed by atoms with Crippen LogP contribution in [-0.2, 0) is 11.3 Å². The number of carbonyl (C=O) groups excluding carboxylic acids is 1. The standard InChI is InChI=1S/C19H21F3N4O2.HI/c1-23-19(24-11-17(27)25-15-5-3-4-14(20)10-15)26(2)12-13-6-8-16(9-7-13)28-18(21)22;/h3-10,18H,11-12H2,1-2H3,(H,23,24)(H,25,27);1H. The van der Waals surface area contributed by atoms with Gasteiger partial charge in [0.15, 0.2) is 5.96 Å². The molecule has 0 unspecified atom stereocenters. The lowest BCUT2D eigenvalue weighted by Gasteiger charge is -2.22. The predicted molar refractivity (Wildman–Crippen MR) is 116 cm³/mol. The summed E-state index contributed by atoms with van der Waals surface area (Å²) >= 11 is 0. The van der Waals surface area contributed by atoms with Gasteiger partial charge in [0.1, 0.15) is 11.6 Å². The van der Waals surface area contributed by atoms with Crippen LogP contribution >= 0.6 is 24.0 Å². The fourth-order valence-electron chi connectivity index (χ4n) is 2.44. The Hall–Kier alpha value is -2.50. The van der Waals surface area contributed by atoms with Gasteiger partial charge in [0, 0.05) is 26.3 Å². The van der Waals surface area contributed by atoms with Crippen LogP contribution in [0.25, 0.3) is 0 Å². The third-order valence-corrected chi connectivity index (χ3v) is 3.66. The molecule has 2 N–H and O–H groups in total. The molecule has 1 amide bonds. The normalized spacial score (nSPS) is 10.9. The zero-order chi connectivity index (χ0) is 20.5. The second-order valence-corrected chi connectivity index (χ2v) is 5.84. The Balaban J connectivity index is 0.00000420. The van der Waals surface area contributed by atoms with E-state index < -0.39 is 12.4 Å². The van der Waals surface area contributed by atoms with Crippen molar-refractivity contribution in [1.29, 1.82) is 0 Å². The highest BCUT2D eigenvalue weighted by Crippen LogP contribution is 2.15. The number of halogens is 4. The van der Waals surface area contributed by atoms with Crippen LogP contribution in [-0.4, -0.2) is 44.0 Å². The number of ether oxygens (including phenoxy) is 1. The van der Waals surface area contributed by atoms with Crippen molar-refractivity contribution in [2.24, 2.45) is 4.99 Å². The van der Waals surface area contributed by atoms with Crippen molar-refractivity contribution in [2.45, 2.75) is 13.2 Å². The molecule has 0 atom stereocenters. The first kappa shape index (κ1) is 24.5. The number of amides is 1. The molecule has 0 aliphatic carbocycles. The molecule has 0 saturated heterocycles. The Morgan fingerprint density at radius 3 is 2.48 bits per heavy atom. The zero-order valence-corrected chi connectivity index (χ0v) is 18.2. The lowest BCUT2D eigenvalue weighted by atomic mass is 10.2. The number of carbonyl (C=O) groups is 1. The molecule has 0 saturated carbocycles. The van der Waals surface area contributed by atoms with E-state index >= 15 is 0 Å². The first-order valence-electron chi connectivity index (χ1n) is 8.38. The molecule has 0 spiro atoms. The average Bonchev–Trinajstić information content (AvgIpc) is 2.63. The van der Waals surface area contributed by atoms with E-state index in [0.717, 1.165) is 5.56 Å². The maximum atomic E-state index is 13.1. The highest BCUT2D eigenvalue weighted by molar-refractivity contribution is 14.0. The highest BCUT2D eigenvalue weighted by Gasteiger charge is 2.10. The van der Waals surface area contributed by atoms with Gasteiger partial charge in [-0.3, -0.25) is 9.79 Å². The number of hydrogen-bond acceptors (Lipinski definition) is 3. The number of nitrogens with one attached hydrogen (secondary N) is 2. The fourth-order valence-corrected chi connectivity index (χ4v) is 2.44. The molecule has 0 aromatic heterocycles. The molecule has 10 heteroatoms. The molecule has 2 aromatic rings. The van der Waals surface area contributed by atoms with Gasteiger partial charge in [0.2, 0.25) is 5.91 Å². The van der Waals surface area contributed by atoms with Crippen molar-refractivity contribution in [2.75, 3.05) is 26.0 Å². The molecule has 2 rings (SSSR count). The molecule has 29 heavy (non-hydrogen) atoms. The Bertz CT molecular complexity index is 819. The van der Waals surface area contributed by atoms with E-state index in [1.165, 1.54) is 30.3 Å². The first-order chi connectivity index (χ1) is 13.4. The van der Waals surface area contributed by atoms with Gasteiger partial charge in [-0.2, -0.15) is 8.78 Å². The van der Waals surface area contributed by atoms with E-state index in [0.29, 0.717) is 18.2 Å². The van der Waals surface area contributed by atoms with E-state index in [2.05, 4.69) is 20.4 Å². The summed E-state index contributed by atoms with van der Waals surface area (Å²) in [7, 11) is 3.34. The SMILES string of the molecule is CN=C(NCC(=O)Nc1cccc(F)c1)N(C)Cc1ccc(OC(F)F)cc1.I. The van der Waals surface area contributed by atoms with Gasteiger partial charge in [-0.05, 0) is 35.9 Å². The Morgan fingerprint density at radius 1 is 1.21 bits per heavy atom. The summed E-state index contributed by atoms with van der Waals surface area (Å²) in [5.74, 6) is -0.250. The first-order valence-corrected chi connectivity index (χ1v) is 8.38. The van der Waals surface area contributed by atoms with E-state index in [9.17, 15) is 18.0 Å². The number of benzene rings is 2. The lowest BCUT2D eigenvalue weighted by molar-refractivity contribution is -0.115. The van der Waals surface area contributed by atoms with Crippen LogP contribution in [0.4, 0.5) is 18.9 Å². The monoisotopic (exact) mass is 522 g/mol. The maximum absolute atomic E-state index is 13.1. The summed E-state index contributed by atoms with van der Waals surface area (Å²) in [6, 6.07) is 11.8. The molecular weight excluding hydrogens is 500 g/mol. The van der Waals surface area contributed by atoms with E-state index in [1.54, 1.807) is 37.2 Å². The summed E-state index contributed by atoms with van der Waals surface area (Å²) in [6.45, 7) is -2.50. The van der Waals surface area contributed by atoms with Crippen molar-refractivity contribution in [1.82, 2.24) is 10.2 Å². The maximum Gasteiger partial charge on any atom is 0.387 e. The molecule has 0 radical (unpaired) electrons. The van der Waals surface area contributed by atoms with Gasteiger partial charge in [-0.25, -0.2) is 4.39 Å². The largest absolute Gasteiger partial charge is 0.435 e. The lowest BCUT2D eigenvalue weighted by Crippen LogP contribution is -2.42. The van der Waals surface area contributed by atoms with E-state index in [4.69, 9.17) is 0 Å². The minimum Gasteiger partial charge on any atom is -0.435 e. The average molecular weight is 522 g/mol. The van der Waals surface area contributed by atoms with Crippen LogP contribution in [0.1, 0.15) is 5.56 Å². The van der Waals surface area contributed by atoms with Gasteiger partial charge in [-0.15, -0.1) is 24.0 Å². The van der Waals surface area contributed by atoms with E-state index in [-0.39, 0.29) is 42.2 Å². The number of rotatable bonds is 7. The number of alkyl halides is 2. The molecule has 6 nitrogen and oxygen atoms in total. The second kappa shape index (κ2) is 12.1. The number of aliphatic imine (C=N–C) groups is 1. The van der Waals surface area contributed by atoms with Crippen molar-refractivity contribution >= 4 is 41.5 Å². The van der Waals surface area contributed by atoms with Gasteiger partial charge >= 0.3 is 6.61 Å². The van der Waals surface area contributed by atoms with Gasteiger partial charge in [0.05, 0.1) is 6.54 Å². The smallest absolute Gasteiger partial charge is 0.387 e. The van der Waals surface area contributed by atoms with Crippen molar-refractivity contribution < 1.29 is 22.7 Å². The van der Waals surface area contributed by atoms with Gasteiger partial charge in [0.25, 0.3) is 0 Å². The van der Waals surface area contributed by atoms with Gasteiger partial charge < -0.3 is 20.3 Å². The summed E-state index contributed by atoms with van der Waals surface area (Å²) < 4.78 is 41.8. The molecule has 0 heterocycles. The highest BCUT2D eigenvalue weighted by atomic mass is 127. The Labute approximate surface area is 184 Å². The van der Waals surface area contributed by atoms with Crippen LogP contribution in [0.3, 0.4) is 0 Å². The summed E-state index contributed by atoms with van der Waals surface area (Å²) in [4.78, 5) is 17.9. The number of hydrogen-bond donors (Lipinski definition) is 2. The molecule has 0 bridgehead atoms. The van der Waals surface area contributed by atoms with Crippen LogP contribution in [0.15, 0.2) is 53.5 Å². The molecular formula is C19H22F3IN4O2. The van der Waals surface area contributed by atoms with Crippen LogP contribution < -0.4 is 15.4 Å². The molecule has 0 aliphatic rings. The van der Waals surface area contributed by atoms with Crippen molar-refractivity contribution in [3.63, 3.8) is 0 Å². The minimum atomic E-state index is -2.87. The molecule has 0 fully saturated rings. The number of anilines is 1. The second-order valence-electron chi connectivity index (χ2n) is 5.84. The van der Waals surface area contributed by atoms with Crippen molar-refractivity contribution in [3.8, 4) is 5.75 Å². The van der Waals surface area contributed by atoms with Crippen LogP contribution in [0.2, 0.25) is 0 Å². The quantitative estimate of drug-likeness (QED) is 0.331. The summed E-state index contributed by atoms with van der Waals surface area (Å²) in [6.07, 6.45) is 0. The minimum absolute atomic E-state index is 0. The van der Waals surface area contributed by atoms with E-state index in [1.807, 2.05) is 0 Å². The predicted octanol–water partition coefficient (Wildman–Crippen LogP) is 3.69. The van der Waals surface area contributed by atoms with Gasteiger partial charge in [-0.1, -0.05) is 18.2 Å². The Kier molecular flexibility index (Phi) is 10.3. The Morgan fingerprint density at radius 2 is 1.90 bits per heavy atom. The number of guanidine groups is 1. The zero-order valence-electron chi connectivity index (χ0n) is 15.9. The van der Waals surface area contributed by atoms with Crippen LogP contribution in [0.5, 0.6) is 5.75 Å². The summed E-state index contributed by atoms with van der Waals surface area (Å²) in [5.41, 5.74) is 1.21. The topological polar surface area (TPSA) is 66.0 Å². The summed E-state index contributed by atoms with van der Waals surface area (Å²) in [5, 5.41) is 5.49.